The summed E-state index contributed by atoms with van der Waals surface area (Å²) in [5, 5.41) is 11.3. The van der Waals surface area contributed by atoms with Crippen LogP contribution in [-0.4, -0.2) is 11.1 Å². The molecule has 0 spiro atoms. The number of carboxylic acids is 1. The van der Waals surface area contributed by atoms with Crippen LogP contribution >= 0.6 is 22.7 Å². The molecule has 0 saturated heterocycles. The molecular formula is C16H12O2S2. The molecule has 0 amide bonds. The number of benzene rings is 1. The van der Waals surface area contributed by atoms with E-state index < -0.39 is 5.97 Å². The fourth-order valence-electron chi connectivity index (χ4n) is 2.05. The topological polar surface area (TPSA) is 37.3 Å². The molecule has 20 heavy (non-hydrogen) atoms. The molecule has 4 heteroatoms. The van der Waals surface area contributed by atoms with Crippen LogP contribution in [0.5, 0.6) is 0 Å². The minimum absolute atomic E-state index is 0.369. The van der Waals surface area contributed by atoms with Crippen LogP contribution in [0.3, 0.4) is 0 Å². The first-order valence-electron chi connectivity index (χ1n) is 6.13. The lowest BCUT2D eigenvalue weighted by molar-refractivity contribution is 0.0696. The summed E-state index contributed by atoms with van der Waals surface area (Å²) in [5.74, 6) is -0.876. The molecule has 3 rings (SSSR count). The number of carboxylic acid groups (broad SMARTS) is 1. The van der Waals surface area contributed by atoms with Gasteiger partial charge in [-0.3, -0.25) is 0 Å². The molecule has 0 radical (unpaired) electrons. The Labute approximate surface area is 125 Å². The summed E-state index contributed by atoms with van der Waals surface area (Å²) in [4.78, 5) is 14.8. The molecule has 1 N–H and O–H groups in total. The first-order valence-corrected chi connectivity index (χ1v) is 7.83. The second kappa shape index (κ2) is 5.23. The van der Waals surface area contributed by atoms with Gasteiger partial charge in [0.15, 0.2) is 0 Å². The van der Waals surface area contributed by atoms with Crippen molar-refractivity contribution in [2.24, 2.45) is 0 Å². The van der Waals surface area contributed by atoms with E-state index in [1.54, 1.807) is 28.7 Å². The normalized spacial score (nSPS) is 10.7. The first-order chi connectivity index (χ1) is 9.65. The monoisotopic (exact) mass is 300 g/mol. The number of hydrogen-bond donors (Lipinski definition) is 1. The number of hydrogen-bond acceptors (Lipinski definition) is 3. The van der Waals surface area contributed by atoms with Crippen molar-refractivity contribution in [2.75, 3.05) is 0 Å². The zero-order valence-corrected chi connectivity index (χ0v) is 12.4. The standard InChI is InChI=1S/C16H12O2S2/c1-10-4-5-11(9-12(10)16(17)18)13-6-7-15(20-13)14-3-2-8-19-14/h2-9H,1H3,(H,17,18). The molecule has 100 valence electrons. The van der Waals surface area contributed by atoms with Crippen molar-refractivity contribution in [1.29, 1.82) is 0 Å². The highest BCUT2D eigenvalue weighted by Crippen LogP contribution is 2.36. The van der Waals surface area contributed by atoms with Gasteiger partial charge < -0.3 is 5.11 Å². The summed E-state index contributed by atoms with van der Waals surface area (Å²) in [6, 6.07) is 13.9. The second-order valence-electron chi connectivity index (χ2n) is 4.48. The van der Waals surface area contributed by atoms with Crippen molar-refractivity contribution >= 4 is 28.6 Å². The number of aromatic carboxylic acids is 1. The van der Waals surface area contributed by atoms with Crippen LogP contribution < -0.4 is 0 Å². The number of thiophene rings is 2. The van der Waals surface area contributed by atoms with Gasteiger partial charge in [-0.25, -0.2) is 4.79 Å². The molecular weight excluding hydrogens is 288 g/mol. The van der Waals surface area contributed by atoms with E-state index in [-0.39, 0.29) is 0 Å². The summed E-state index contributed by atoms with van der Waals surface area (Å²) in [6.45, 7) is 1.82. The fourth-order valence-corrected chi connectivity index (χ4v) is 3.89. The van der Waals surface area contributed by atoms with E-state index in [2.05, 4.69) is 23.6 Å². The minimum atomic E-state index is -0.876. The second-order valence-corrected chi connectivity index (χ2v) is 6.51. The van der Waals surface area contributed by atoms with E-state index in [9.17, 15) is 9.90 Å². The van der Waals surface area contributed by atoms with Crippen molar-refractivity contribution in [3.63, 3.8) is 0 Å². The molecule has 0 aliphatic carbocycles. The predicted octanol–water partition coefficient (Wildman–Crippen LogP) is 5.15. The Bertz CT molecular complexity index is 755. The molecule has 2 heterocycles. The van der Waals surface area contributed by atoms with Gasteiger partial charge in [-0.15, -0.1) is 22.7 Å². The van der Waals surface area contributed by atoms with Gasteiger partial charge in [0.05, 0.1) is 5.56 Å². The zero-order chi connectivity index (χ0) is 14.1. The van der Waals surface area contributed by atoms with E-state index >= 15 is 0 Å². The van der Waals surface area contributed by atoms with Gasteiger partial charge >= 0.3 is 5.97 Å². The summed E-state index contributed by atoms with van der Waals surface area (Å²) in [6.07, 6.45) is 0. The van der Waals surface area contributed by atoms with Crippen LogP contribution in [0.1, 0.15) is 15.9 Å². The van der Waals surface area contributed by atoms with Crippen LogP contribution in [0.2, 0.25) is 0 Å². The van der Waals surface area contributed by atoms with Crippen molar-refractivity contribution in [3.05, 3.63) is 59.0 Å². The highest BCUT2D eigenvalue weighted by atomic mass is 32.1. The SMILES string of the molecule is Cc1ccc(-c2ccc(-c3cccs3)s2)cc1C(=O)O. The summed E-state index contributed by atoms with van der Waals surface area (Å²) in [7, 11) is 0. The average Bonchev–Trinajstić information content (AvgIpc) is 3.09. The van der Waals surface area contributed by atoms with E-state index in [1.807, 2.05) is 25.1 Å². The van der Waals surface area contributed by atoms with Gasteiger partial charge in [-0.05, 0) is 47.7 Å². The van der Waals surface area contributed by atoms with Crippen molar-refractivity contribution < 1.29 is 9.90 Å². The van der Waals surface area contributed by atoms with Crippen molar-refractivity contribution in [1.82, 2.24) is 0 Å². The molecule has 2 nitrogen and oxygen atoms in total. The van der Waals surface area contributed by atoms with Gasteiger partial charge in [0.1, 0.15) is 0 Å². The van der Waals surface area contributed by atoms with Gasteiger partial charge in [-0.2, -0.15) is 0 Å². The molecule has 0 fully saturated rings. The van der Waals surface area contributed by atoms with Gasteiger partial charge in [0, 0.05) is 14.6 Å². The third-order valence-electron chi connectivity index (χ3n) is 3.12. The minimum Gasteiger partial charge on any atom is -0.478 e. The highest BCUT2D eigenvalue weighted by molar-refractivity contribution is 7.23. The van der Waals surface area contributed by atoms with E-state index in [4.69, 9.17) is 0 Å². The summed E-state index contributed by atoms with van der Waals surface area (Å²) < 4.78 is 0. The third kappa shape index (κ3) is 2.40. The molecule has 0 atom stereocenters. The van der Waals surface area contributed by atoms with E-state index in [0.717, 1.165) is 16.0 Å². The average molecular weight is 300 g/mol. The Balaban J connectivity index is 2.02. The number of rotatable bonds is 3. The lowest BCUT2D eigenvalue weighted by atomic mass is 10.0. The quantitative estimate of drug-likeness (QED) is 0.726. The number of aryl methyl sites for hydroxylation is 1. The Hall–Kier alpha value is -1.91. The van der Waals surface area contributed by atoms with Crippen LogP contribution in [0.4, 0.5) is 0 Å². The van der Waals surface area contributed by atoms with Crippen LogP contribution in [-0.2, 0) is 0 Å². The van der Waals surface area contributed by atoms with Crippen LogP contribution in [0.15, 0.2) is 47.8 Å². The smallest absolute Gasteiger partial charge is 0.335 e. The van der Waals surface area contributed by atoms with Crippen molar-refractivity contribution in [3.8, 4) is 20.2 Å². The molecule has 0 unspecified atom stereocenters. The van der Waals surface area contributed by atoms with E-state index in [1.165, 1.54) is 9.75 Å². The van der Waals surface area contributed by atoms with Gasteiger partial charge in [-0.1, -0.05) is 18.2 Å². The maximum atomic E-state index is 11.2. The predicted molar refractivity (Wildman–Crippen MR) is 84.8 cm³/mol. The third-order valence-corrected chi connectivity index (χ3v) is 5.32. The number of carbonyl (C=O) groups is 1. The first kappa shape index (κ1) is 13.1. The zero-order valence-electron chi connectivity index (χ0n) is 10.8. The lowest BCUT2D eigenvalue weighted by Gasteiger charge is -2.03. The fraction of sp³-hybridized carbons (Fsp3) is 0.0625. The highest BCUT2D eigenvalue weighted by Gasteiger charge is 2.11. The maximum absolute atomic E-state index is 11.2. The summed E-state index contributed by atoms with van der Waals surface area (Å²) >= 11 is 3.40. The Morgan fingerprint density at radius 2 is 1.85 bits per heavy atom. The lowest BCUT2D eigenvalue weighted by Crippen LogP contribution is -1.99. The van der Waals surface area contributed by atoms with Crippen LogP contribution in [0.25, 0.3) is 20.2 Å². The summed E-state index contributed by atoms with van der Waals surface area (Å²) in [5.41, 5.74) is 2.12. The molecule has 3 aromatic rings. The molecule has 0 aliphatic rings. The largest absolute Gasteiger partial charge is 0.478 e. The molecule has 0 bridgehead atoms. The molecule has 0 aliphatic heterocycles. The Morgan fingerprint density at radius 3 is 2.55 bits per heavy atom. The van der Waals surface area contributed by atoms with Crippen LogP contribution in [0, 0.1) is 6.92 Å². The molecule has 1 aromatic carbocycles. The van der Waals surface area contributed by atoms with Gasteiger partial charge in [0.2, 0.25) is 0 Å². The van der Waals surface area contributed by atoms with Crippen molar-refractivity contribution in [2.45, 2.75) is 6.92 Å². The molecule has 0 saturated carbocycles. The Kier molecular flexibility index (Phi) is 3.42. The molecule has 2 aromatic heterocycles. The Morgan fingerprint density at radius 1 is 1.05 bits per heavy atom. The maximum Gasteiger partial charge on any atom is 0.335 e. The van der Waals surface area contributed by atoms with Gasteiger partial charge in [0.25, 0.3) is 0 Å². The van der Waals surface area contributed by atoms with E-state index in [0.29, 0.717) is 5.56 Å².